The third-order valence-corrected chi connectivity index (χ3v) is 16.2. The first-order valence-corrected chi connectivity index (χ1v) is 24.0. The minimum Gasteiger partial charge on any atom is -0.391 e. The summed E-state index contributed by atoms with van der Waals surface area (Å²) in [5.74, 6) is 5.78. The molecule has 2 aromatic rings. The van der Waals surface area contributed by atoms with Gasteiger partial charge in [-0.05, 0) is 116 Å². The van der Waals surface area contributed by atoms with Crippen LogP contribution in [-0.2, 0) is 4.79 Å². The predicted octanol–water partition coefficient (Wildman–Crippen LogP) is 6.58. The molecule has 2 saturated heterocycles. The van der Waals surface area contributed by atoms with Gasteiger partial charge in [-0.3, -0.25) is 14.5 Å². The molecule has 7 nitrogen and oxygen atoms in total. The molecular weight excluding hydrogens is 663 g/mol. The fourth-order valence-electron chi connectivity index (χ4n) is 12.4. The van der Waals surface area contributed by atoms with E-state index in [-0.39, 0.29) is 34.8 Å². The quantitative estimate of drug-likeness (QED) is 0.276. The van der Waals surface area contributed by atoms with E-state index in [4.69, 9.17) is 0 Å². The number of nitrogens with zero attached hydrogens (tertiary/aromatic N) is 3. The second-order valence-corrected chi connectivity index (χ2v) is 23.9. The van der Waals surface area contributed by atoms with E-state index in [0.29, 0.717) is 55.3 Å². The normalized spacial score (nSPS) is 39.3. The number of aliphatic hydroxyl groups excluding tert-OH is 1. The highest BCUT2D eigenvalue weighted by atomic mass is 28.3. The minimum atomic E-state index is -1.59. The summed E-state index contributed by atoms with van der Waals surface area (Å²) in [4.78, 5) is 34.0. The molecule has 8 rings (SSSR count). The second-order valence-electron chi connectivity index (χ2n) is 19.2. The molecule has 0 spiro atoms. The number of carbonyl (C=O) groups excluding carboxylic acids is 2. The number of carbonyl (C=O) groups is 2. The Balaban J connectivity index is 0.923. The molecule has 2 N–H and O–H groups in total. The number of fused-ring (bicyclic) bond motifs is 6. The number of likely N-dealkylation sites (tertiary alicyclic amines) is 1. The highest BCUT2D eigenvalue weighted by molar-refractivity contribution is 6.83. The number of piperazine rings is 1. The lowest BCUT2D eigenvalue weighted by atomic mass is 9.44. The van der Waals surface area contributed by atoms with E-state index in [1.165, 1.54) is 12.8 Å². The molecule has 4 unspecified atom stereocenters. The molecule has 52 heavy (non-hydrogen) atoms. The van der Waals surface area contributed by atoms with Crippen LogP contribution in [0, 0.1) is 46.0 Å². The molecule has 280 valence electrons. The van der Waals surface area contributed by atoms with Crippen molar-refractivity contribution in [2.24, 2.45) is 34.5 Å². The van der Waals surface area contributed by atoms with Crippen molar-refractivity contribution in [3.8, 4) is 11.5 Å². The van der Waals surface area contributed by atoms with Crippen molar-refractivity contribution in [3.63, 3.8) is 0 Å². The van der Waals surface area contributed by atoms with E-state index in [0.717, 1.165) is 68.8 Å². The van der Waals surface area contributed by atoms with Crippen molar-refractivity contribution in [1.82, 2.24) is 14.7 Å². The fourth-order valence-corrected chi connectivity index (χ4v) is 13.0. The summed E-state index contributed by atoms with van der Waals surface area (Å²) in [6.45, 7) is 15.1. The van der Waals surface area contributed by atoms with Gasteiger partial charge in [0.05, 0.1) is 6.10 Å². The lowest BCUT2D eigenvalue weighted by Crippen LogP contribution is -2.63. The van der Waals surface area contributed by atoms with Crippen LogP contribution in [0.3, 0.4) is 0 Å². The molecule has 6 fully saturated rings. The minimum absolute atomic E-state index is 0.0519. The van der Waals surface area contributed by atoms with Gasteiger partial charge in [0.2, 0.25) is 5.91 Å². The van der Waals surface area contributed by atoms with Crippen LogP contribution in [0.2, 0.25) is 19.6 Å². The molecule has 2 amide bonds. The van der Waals surface area contributed by atoms with Gasteiger partial charge in [-0.2, -0.15) is 0 Å². The zero-order valence-electron chi connectivity index (χ0n) is 32.2. The maximum absolute atomic E-state index is 14.0. The number of hydrogen-bond acceptors (Lipinski definition) is 5. The van der Waals surface area contributed by atoms with Gasteiger partial charge in [0.15, 0.2) is 0 Å². The van der Waals surface area contributed by atoms with Crippen molar-refractivity contribution in [2.75, 3.05) is 32.7 Å². The first kappa shape index (κ1) is 36.3. The summed E-state index contributed by atoms with van der Waals surface area (Å²) in [7, 11) is -1.59. The summed E-state index contributed by atoms with van der Waals surface area (Å²) in [6, 6.07) is 13.6. The molecule has 2 aliphatic heterocycles. The van der Waals surface area contributed by atoms with Crippen LogP contribution in [-0.4, -0.2) is 101 Å². The van der Waals surface area contributed by atoms with E-state index < -0.39 is 19.7 Å². The SMILES string of the molecule is C[C@]12C[C@H](N3CCN(C(=O)[C@@H]4CCCN4C(=O)c4ccc5ccccc5c4)CC3)[C@@H](O)CC1CCC1C2CC[C@@]2(C)C1CC[C@@]2(O)C#C[Si](C)(C)C. The molecule has 0 radical (unpaired) electrons. The number of hydrogen-bond donors (Lipinski definition) is 2. The van der Waals surface area contributed by atoms with Crippen molar-refractivity contribution >= 4 is 30.7 Å². The first-order chi connectivity index (χ1) is 24.7. The molecule has 0 aromatic heterocycles. The summed E-state index contributed by atoms with van der Waals surface area (Å²) in [6.07, 6.45) is 9.52. The predicted molar refractivity (Wildman–Crippen MR) is 209 cm³/mol. The lowest BCUT2D eigenvalue weighted by Gasteiger charge is -2.63. The Kier molecular flexibility index (Phi) is 9.25. The number of aliphatic hydroxyl groups is 2. The molecule has 0 bridgehead atoms. The van der Waals surface area contributed by atoms with Gasteiger partial charge < -0.3 is 20.0 Å². The van der Waals surface area contributed by atoms with E-state index in [1.807, 2.05) is 46.2 Å². The zero-order valence-corrected chi connectivity index (χ0v) is 33.2. The van der Waals surface area contributed by atoms with Crippen molar-refractivity contribution < 1.29 is 19.8 Å². The molecule has 4 saturated carbocycles. The van der Waals surface area contributed by atoms with Crippen molar-refractivity contribution in [2.45, 2.75) is 121 Å². The molecule has 2 aromatic carbocycles. The monoisotopic (exact) mass is 723 g/mol. The van der Waals surface area contributed by atoms with Gasteiger partial charge in [-0.25, -0.2) is 0 Å². The average molecular weight is 724 g/mol. The highest BCUT2D eigenvalue weighted by Gasteiger charge is 2.65. The third kappa shape index (κ3) is 6.06. The molecule has 2 heterocycles. The van der Waals surface area contributed by atoms with Gasteiger partial charge in [0.1, 0.15) is 19.7 Å². The summed E-state index contributed by atoms with van der Waals surface area (Å²) < 4.78 is 0. The summed E-state index contributed by atoms with van der Waals surface area (Å²) >= 11 is 0. The molecule has 4 aliphatic carbocycles. The standard InChI is InChI=1S/C44H61N3O4Si/c1-42-29-38(39(48)28-33(42)14-15-34-35(42)16-18-43(2)36(34)17-19-44(43,51)20-26-52(3,4)5)45-22-24-46(25-23-45)41(50)37-11-8-21-47(37)40(49)32-13-12-30-9-6-7-10-31(30)27-32/h6-7,9-10,12-13,27,33-39,48,51H,8,11,14-19,21-25,28-29H2,1-5H3/t33?,34?,35?,36?,37-,38-,39-,42-,43-,44+/m0/s1. The van der Waals surface area contributed by atoms with Gasteiger partial charge in [0.25, 0.3) is 5.91 Å². The van der Waals surface area contributed by atoms with Crippen LogP contribution >= 0.6 is 0 Å². The Hall–Kier alpha value is -2.70. The highest BCUT2D eigenvalue weighted by Crippen LogP contribution is 2.68. The number of rotatable bonds is 3. The molecule has 6 aliphatic rings. The Morgan fingerprint density at radius 3 is 2.35 bits per heavy atom. The number of benzene rings is 2. The van der Waals surface area contributed by atoms with Crippen LogP contribution in [0.1, 0.15) is 88.4 Å². The average Bonchev–Trinajstić information content (AvgIpc) is 3.72. The molecule has 10 atom stereocenters. The second kappa shape index (κ2) is 13.3. The largest absolute Gasteiger partial charge is 0.391 e. The van der Waals surface area contributed by atoms with Crippen molar-refractivity contribution in [3.05, 3.63) is 48.0 Å². The van der Waals surface area contributed by atoms with Crippen LogP contribution < -0.4 is 0 Å². The van der Waals surface area contributed by atoms with Gasteiger partial charge in [-0.15, -0.1) is 5.54 Å². The third-order valence-electron chi connectivity index (χ3n) is 15.4. The van der Waals surface area contributed by atoms with Crippen LogP contribution in [0.25, 0.3) is 10.8 Å². The van der Waals surface area contributed by atoms with Crippen LogP contribution in [0.5, 0.6) is 0 Å². The van der Waals surface area contributed by atoms with E-state index in [2.05, 4.69) is 55.9 Å². The Bertz CT molecular complexity index is 1770. The van der Waals surface area contributed by atoms with Crippen LogP contribution in [0.15, 0.2) is 42.5 Å². The first-order valence-electron chi connectivity index (χ1n) is 20.5. The Labute approximate surface area is 312 Å². The van der Waals surface area contributed by atoms with Gasteiger partial charge in [-0.1, -0.05) is 69.7 Å². The molecule has 8 heteroatoms. The lowest BCUT2D eigenvalue weighted by molar-refractivity contribution is -0.163. The smallest absolute Gasteiger partial charge is 0.254 e. The van der Waals surface area contributed by atoms with E-state index in [1.54, 1.807) is 0 Å². The Morgan fingerprint density at radius 2 is 1.60 bits per heavy atom. The van der Waals surface area contributed by atoms with Crippen LogP contribution in [0.4, 0.5) is 0 Å². The number of amides is 2. The van der Waals surface area contributed by atoms with E-state index >= 15 is 0 Å². The topological polar surface area (TPSA) is 84.3 Å². The van der Waals surface area contributed by atoms with Gasteiger partial charge >= 0.3 is 0 Å². The van der Waals surface area contributed by atoms with Crippen molar-refractivity contribution in [1.29, 1.82) is 0 Å². The maximum Gasteiger partial charge on any atom is 0.254 e. The summed E-state index contributed by atoms with van der Waals surface area (Å²) in [5, 5.41) is 25.9. The maximum atomic E-state index is 14.0. The van der Waals surface area contributed by atoms with E-state index in [9.17, 15) is 19.8 Å². The molecular formula is C44H61N3O4Si. The summed E-state index contributed by atoms with van der Waals surface area (Å²) in [5.41, 5.74) is 3.34. The van der Waals surface area contributed by atoms with Gasteiger partial charge in [0, 0.05) is 49.7 Å². The fraction of sp³-hybridized carbons (Fsp3) is 0.682. The zero-order chi connectivity index (χ0) is 36.6. The Morgan fingerprint density at radius 1 is 0.865 bits per heavy atom.